The van der Waals surface area contributed by atoms with Gasteiger partial charge in [0.2, 0.25) is 5.91 Å². The van der Waals surface area contributed by atoms with Crippen molar-refractivity contribution in [3.05, 3.63) is 39.3 Å². The van der Waals surface area contributed by atoms with Crippen molar-refractivity contribution in [3.8, 4) is 11.5 Å². The molecule has 146 valence electrons. The second-order valence-corrected chi connectivity index (χ2v) is 5.79. The highest BCUT2D eigenvalue weighted by molar-refractivity contribution is 5.94. The van der Waals surface area contributed by atoms with Gasteiger partial charge in [-0.3, -0.25) is 14.9 Å². The number of nitro benzene ring substituents is 1. The average Bonchev–Trinajstić information content (AvgIpc) is 2.93. The van der Waals surface area contributed by atoms with Crippen molar-refractivity contribution in [1.82, 2.24) is 5.16 Å². The number of nitrogens with zero attached hydrogens (tertiary/aromatic N) is 2. The number of aromatic nitrogens is 1. The number of amides is 1. The predicted molar refractivity (Wildman–Crippen MR) is 98.4 cm³/mol. The van der Waals surface area contributed by atoms with Crippen molar-refractivity contribution in [2.45, 2.75) is 40.5 Å². The van der Waals surface area contributed by atoms with E-state index in [4.69, 9.17) is 14.0 Å². The molecule has 0 aliphatic carbocycles. The molecule has 0 saturated heterocycles. The predicted octanol–water partition coefficient (Wildman–Crippen LogP) is 3.57. The molecule has 0 unspecified atom stereocenters. The molecule has 0 atom stereocenters. The Labute approximate surface area is 156 Å². The zero-order valence-corrected chi connectivity index (χ0v) is 15.8. The lowest BCUT2D eigenvalue weighted by atomic mass is 10.1. The number of hydrogen-bond acceptors (Lipinski definition) is 7. The molecular formula is C18H23N3O6. The number of carbonyl (C=O) groups excluding carboxylic acids is 1. The van der Waals surface area contributed by atoms with E-state index in [-0.39, 0.29) is 29.5 Å². The van der Waals surface area contributed by atoms with E-state index in [1.807, 2.05) is 0 Å². The molecule has 0 radical (unpaired) electrons. The lowest BCUT2D eigenvalue weighted by Crippen LogP contribution is -2.14. The Hall–Kier alpha value is -3.10. The molecular weight excluding hydrogens is 354 g/mol. The summed E-state index contributed by atoms with van der Waals surface area (Å²) in [5.74, 6) is 0.904. The van der Waals surface area contributed by atoms with Gasteiger partial charge in [-0.2, -0.15) is 0 Å². The summed E-state index contributed by atoms with van der Waals surface area (Å²) in [5, 5.41) is 17.8. The van der Waals surface area contributed by atoms with E-state index in [1.54, 1.807) is 27.7 Å². The Morgan fingerprint density at radius 2 is 1.85 bits per heavy atom. The van der Waals surface area contributed by atoms with E-state index in [2.05, 4.69) is 10.5 Å². The van der Waals surface area contributed by atoms with Crippen LogP contribution in [0.4, 0.5) is 11.4 Å². The van der Waals surface area contributed by atoms with E-state index in [9.17, 15) is 14.9 Å². The van der Waals surface area contributed by atoms with E-state index in [0.29, 0.717) is 31.1 Å². The van der Waals surface area contributed by atoms with Gasteiger partial charge in [0.1, 0.15) is 11.4 Å². The molecule has 2 rings (SSSR count). The van der Waals surface area contributed by atoms with E-state index in [1.165, 1.54) is 12.1 Å². The van der Waals surface area contributed by atoms with Crippen LogP contribution in [0.25, 0.3) is 0 Å². The first kappa shape index (κ1) is 20.2. The number of carbonyl (C=O) groups is 1. The van der Waals surface area contributed by atoms with Crippen LogP contribution in [0.2, 0.25) is 0 Å². The highest BCUT2D eigenvalue weighted by Gasteiger charge is 2.22. The van der Waals surface area contributed by atoms with Crippen LogP contribution in [0, 0.1) is 24.0 Å². The molecule has 2 aromatic rings. The number of aryl methyl sites for hydroxylation is 2. The Bertz CT molecular complexity index is 811. The monoisotopic (exact) mass is 377 g/mol. The Morgan fingerprint density at radius 1 is 1.22 bits per heavy atom. The quantitative estimate of drug-likeness (QED) is 0.524. The van der Waals surface area contributed by atoms with Gasteiger partial charge < -0.3 is 19.3 Å². The summed E-state index contributed by atoms with van der Waals surface area (Å²) in [7, 11) is 0. The highest BCUT2D eigenvalue weighted by Crippen LogP contribution is 2.38. The van der Waals surface area contributed by atoms with Crippen LogP contribution < -0.4 is 14.8 Å². The average molecular weight is 377 g/mol. The van der Waals surface area contributed by atoms with E-state index < -0.39 is 4.92 Å². The molecule has 1 amide bonds. The molecule has 1 N–H and O–H groups in total. The molecule has 27 heavy (non-hydrogen) atoms. The highest BCUT2D eigenvalue weighted by atomic mass is 16.6. The number of hydrogen-bond donors (Lipinski definition) is 1. The van der Waals surface area contributed by atoms with Crippen LogP contribution in [0.5, 0.6) is 11.5 Å². The fourth-order valence-corrected chi connectivity index (χ4v) is 2.65. The maximum atomic E-state index is 12.3. The van der Waals surface area contributed by atoms with Gasteiger partial charge in [-0.15, -0.1) is 0 Å². The zero-order valence-electron chi connectivity index (χ0n) is 15.8. The minimum absolute atomic E-state index is 0.0654. The van der Waals surface area contributed by atoms with Crippen molar-refractivity contribution in [2.24, 2.45) is 0 Å². The number of ether oxygens (including phenoxy) is 2. The van der Waals surface area contributed by atoms with Crippen molar-refractivity contribution in [1.29, 1.82) is 0 Å². The fourth-order valence-electron chi connectivity index (χ4n) is 2.65. The third kappa shape index (κ3) is 4.96. The van der Waals surface area contributed by atoms with Crippen LogP contribution in [-0.2, 0) is 11.2 Å². The number of nitrogens with one attached hydrogen (secondary N) is 1. The molecule has 0 aliphatic rings. The summed E-state index contributed by atoms with van der Waals surface area (Å²) in [6.07, 6.45) is 0.563. The van der Waals surface area contributed by atoms with Crippen LogP contribution >= 0.6 is 0 Å². The smallest absolute Gasteiger partial charge is 0.296 e. The Balaban J connectivity index is 2.21. The molecule has 9 heteroatoms. The number of benzene rings is 1. The largest absolute Gasteiger partial charge is 0.490 e. The molecule has 1 heterocycles. The normalized spacial score (nSPS) is 10.5. The molecule has 0 bridgehead atoms. The maximum Gasteiger partial charge on any atom is 0.296 e. The molecule has 0 fully saturated rings. The summed E-state index contributed by atoms with van der Waals surface area (Å²) < 4.78 is 16.0. The molecule has 1 aromatic heterocycles. The third-order valence-corrected chi connectivity index (χ3v) is 3.92. The summed E-state index contributed by atoms with van der Waals surface area (Å²) >= 11 is 0. The van der Waals surface area contributed by atoms with Crippen molar-refractivity contribution in [3.63, 3.8) is 0 Å². The van der Waals surface area contributed by atoms with Crippen LogP contribution in [-0.4, -0.2) is 29.2 Å². The van der Waals surface area contributed by atoms with Crippen LogP contribution in [0.1, 0.15) is 37.3 Å². The van der Waals surface area contributed by atoms with Crippen LogP contribution in [0.3, 0.4) is 0 Å². The molecule has 0 saturated carbocycles. The number of anilines is 1. The first-order valence-corrected chi connectivity index (χ1v) is 8.66. The van der Waals surface area contributed by atoms with Gasteiger partial charge >= 0.3 is 0 Å². The summed E-state index contributed by atoms with van der Waals surface area (Å²) in [5.41, 5.74) is 1.40. The van der Waals surface area contributed by atoms with Gasteiger partial charge in [-0.1, -0.05) is 5.16 Å². The second-order valence-electron chi connectivity index (χ2n) is 5.79. The number of nitro groups is 1. The van der Waals surface area contributed by atoms with Crippen molar-refractivity contribution in [2.75, 3.05) is 18.5 Å². The molecule has 1 aromatic carbocycles. The van der Waals surface area contributed by atoms with E-state index >= 15 is 0 Å². The molecule has 0 spiro atoms. The van der Waals surface area contributed by atoms with E-state index in [0.717, 1.165) is 11.3 Å². The van der Waals surface area contributed by atoms with Crippen molar-refractivity contribution < 1.29 is 23.7 Å². The summed E-state index contributed by atoms with van der Waals surface area (Å²) in [6.45, 7) is 7.83. The fraction of sp³-hybridized carbons (Fsp3) is 0.444. The van der Waals surface area contributed by atoms with Gasteiger partial charge in [-0.05, 0) is 34.1 Å². The number of rotatable bonds is 9. The van der Waals surface area contributed by atoms with Gasteiger partial charge in [0, 0.05) is 18.1 Å². The van der Waals surface area contributed by atoms with Crippen LogP contribution in [0.15, 0.2) is 16.7 Å². The topological polar surface area (TPSA) is 117 Å². The standard InChI is InChI=1S/C18H23N3O6/c1-5-25-16-9-14(15(21(23)24)10-17(16)26-6-2)19-18(22)8-7-13-11(3)20-27-12(13)4/h9-10H,5-8H2,1-4H3,(H,19,22). The summed E-state index contributed by atoms with van der Waals surface area (Å²) in [6, 6.07) is 2.68. The van der Waals surface area contributed by atoms with Gasteiger partial charge in [0.05, 0.1) is 29.9 Å². The summed E-state index contributed by atoms with van der Waals surface area (Å²) in [4.78, 5) is 23.2. The van der Waals surface area contributed by atoms with Gasteiger partial charge in [0.25, 0.3) is 5.69 Å². The van der Waals surface area contributed by atoms with Crippen molar-refractivity contribution >= 4 is 17.3 Å². The third-order valence-electron chi connectivity index (χ3n) is 3.92. The lowest BCUT2D eigenvalue weighted by Gasteiger charge is -2.13. The lowest BCUT2D eigenvalue weighted by molar-refractivity contribution is -0.384. The molecule has 0 aliphatic heterocycles. The first-order valence-electron chi connectivity index (χ1n) is 8.66. The first-order chi connectivity index (χ1) is 12.9. The Morgan fingerprint density at radius 3 is 2.37 bits per heavy atom. The van der Waals surface area contributed by atoms with Gasteiger partial charge in [-0.25, -0.2) is 0 Å². The SMILES string of the molecule is CCOc1cc(NC(=O)CCc2c(C)noc2C)c([N+](=O)[O-])cc1OCC. The molecule has 9 nitrogen and oxygen atoms in total. The minimum atomic E-state index is -0.567. The Kier molecular flexibility index (Phi) is 6.75. The zero-order chi connectivity index (χ0) is 20.0. The minimum Gasteiger partial charge on any atom is -0.490 e. The maximum absolute atomic E-state index is 12.3. The van der Waals surface area contributed by atoms with Gasteiger partial charge in [0.15, 0.2) is 11.5 Å². The second kappa shape index (κ2) is 9.02.